The number of hydrogen-bond donors (Lipinski definition) is 2. The quantitative estimate of drug-likeness (QED) is 0.370. The second-order valence-corrected chi connectivity index (χ2v) is 11.5. The van der Waals surface area contributed by atoms with Crippen LogP contribution in [0.1, 0.15) is 106 Å². The highest BCUT2D eigenvalue weighted by Gasteiger charge is 2.33. The van der Waals surface area contributed by atoms with Crippen LogP contribution in [0.3, 0.4) is 0 Å². The van der Waals surface area contributed by atoms with Crippen molar-refractivity contribution in [3.63, 3.8) is 0 Å². The lowest BCUT2D eigenvalue weighted by Crippen LogP contribution is -2.35. The third kappa shape index (κ3) is 12.3. The molecule has 6 atom stereocenters. The van der Waals surface area contributed by atoms with Gasteiger partial charge in [0.1, 0.15) is 6.10 Å². The molecule has 0 aromatic carbocycles. The highest BCUT2D eigenvalue weighted by atomic mass is 16.6. The molecule has 2 aliphatic carbocycles. The van der Waals surface area contributed by atoms with Gasteiger partial charge >= 0.3 is 23.9 Å². The average Bonchev–Trinajstić information content (AvgIpc) is 3.15. The Kier molecular flexibility index (Phi) is 14.3. The van der Waals surface area contributed by atoms with Gasteiger partial charge in [0, 0.05) is 0 Å². The first-order valence-electron chi connectivity index (χ1n) is 13.6. The largest absolute Gasteiger partial charge is 0.481 e. The number of carbonyl (C=O) groups is 4. The van der Waals surface area contributed by atoms with Crippen molar-refractivity contribution in [3.05, 3.63) is 0 Å². The van der Waals surface area contributed by atoms with Crippen molar-refractivity contribution >= 4 is 23.9 Å². The lowest BCUT2D eigenvalue weighted by molar-refractivity contribution is -0.158. The van der Waals surface area contributed by atoms with Gasteiger partial charge in [0.25, 0.3) is 0 Å². The van der Waals surface area contributed by atoms with Crippen molar-refractivity contribution in [3.8, 4) is 0 Å². The molecule has 8 heteroatoms. The molecule has 1 heterocycles. The molecule has 0 bridgehead atoms. The molecule has 0 amide bonds. The molecule has 1 aliphatic heterocycles. The fourth-order valence-electron chi connectivity index (χ4n) is 5.27. The van der Waals surface area contributed by atoms with Crippen molar-refractivity contribution in [1.29, 1.82) is 0 Å². The topological polar surface area (TPSA) is 127 Å². The van der Waals surface area contributed by atoms with E-state index in [1.807, 2.05) is 0 Å². The predicted molar refractivity (Wildman–Crippen MR) is 136 cm³/mol. The lowest BCUT2D eigenvalue weighted by Gasteiger charge is -2.36. The van der Waals surface area contributed by atoms with Crippen molar-refractivity contribution in [1.82, 2.24) is 0 Å². The molecule has 3 fully saturated rings. The smallest absolute Gasteiger partial charge is 0.314 e. The summed E-state index contributed by atoms with van der Waals surface area (Å²) in [5.74, 6) is 1.31. The molecule has 3 rings (SSSR count). The van der Waals surface area contributed by atoms with Gasteiger partial charge in [-0.3, -0.25) is 19.2 Å². The molecule has 0 radical (unpaired) electrons. The Morgan fingerprint density at radius 3 is 1.78 bits per heavy atom. The number of aliphatic hydroxyl groups excluding tert-OH is 1. The van der Waals surface area contributed by atoms with Crippen LogP contribution in [0.5, 0.6) is 0 Å². The Labute approximate surface area is 216 Å². The van der Waals surface area contributed by atoms with Gasteiger partial charge in [-0.05, 0) is 61.2 Å². The number of carbonyl (C=O) groups excluding carboxylic acids is 3. The van der Waals surface area contributed by atoms with Crippen LogP contribution in [-0.2, 0) is 28.7 Å². The maximum Gasteiger partial charge on any atom is 0.314 e. The summed E-state index contributed by atoms with van der Waals surface area (Å²) >= 11 is 0. The van der Waals surface area contributed by atoms with E-state index in [-0.39, 0.29) is 43.9 Å². The van der Waals surface area contributed by atoms with Crippen LogP contribution in [0.25, 0.3) is 0 Å². The van der Waals surface area contributed by atoms with Gasteiger partial charge in [0.15, 0.2) is 0 Å². The summed E-state index contributed by atoms with van der Waals surface area (Å²) in [6.07, 6.45) is 7.02. The van der Waals surface area contributed by atoms with Crippen molar-refractivity contribution in [2.45, 2.75) is 118 Å². The molecular weight excluding hydrogens is 464 g/mol. The second kappa shape index (κ2) is 16.0. The summed E-state index contributed by atoms with van der Waals surface area (Å²) in [5.41, 5.74) is 0. The fourth-order valence-corrected chi connectivity index (χ4v) is 5.27. The van der Waals surface area contributed by atoms with Gasteiger partial charge in [-0.1, -0.05) is 54.4 Å². The second-order valence-electron chi connectivity index (χ2n) is 11.5. The fraction of sp³-hybridized carbons (Fsp3) is 0.857. The zero-order valence-electron chi connectivity index (χ0n) is 23.0. The normalized spacial score (nSPS) is 30.0. The number of hydrogen-bond acceptors (Lipinski definition) is 7. The zero-order valence-corrected chi connectivity index (χ0v) is 23.0. The first kappa shape index (κ1) is 32.1. The minimum atomic E-state index is -0.954. The van der Waals surface area contributed by atoms with Crippen LogP contribution in [0.15, 0.2) is 0 Å². The van der Waals surface area contributed by atoms with Crippen LogP contribution >= 0.6 is 0 Å². The lowest BCUT2D eigenvalue weighted by atomic mass is 9.75. The van der Waals surface area contributed by atoms with E-state index >= 15 is 0 Å². The van der Waals surface area contributed by atoms with Gasteiger partial charge in [-0.2, -0.15) is 0 Å². The van der Waals surface area contributed by atoms with E-state index in [4.69, 9.17) is 9.84 Å². The van der Waals surface area contributed by atoms with Crippen molar-refractivity contribution < 1.29 is 38.9 Å². The standard InChI is InChI=1S/C14H24O4.C10H20O.C4H4O3/c1-9(2)11-5-4-10(3)8-12(11)18-14(17)7-6-13(15)16;1-7(2)9-5-4-8(3)6-10(9)11;5-3-1-2-4(6)7-3/h9-12H,4-8H2,1-3H3,(H,15,16);7-11H,4-6H2,1-3H3;1-2H2/t10-,11+,12+;8-,9+,10+;/m11./s1. The maximum atomic E-state index is 11.6. The number of carboxylic acids is 1. The molecule has 0 spiro atoms. The summed E-state index contributed by atoms with van der Waals surface area (Å²) in [4.78, 5) is 42.0. The third-order valence-corrected chi connectivity index (χ3v) is 7.54. The van der Waals surface area contributed by atoms with Gasteiger partial charge in [-0.25, -0.2) is 0 Å². The van der Waals surface area contributed by atoms with E-state index in [2.05, 4.69) is 46.3 Å². The number of aliphatic carboxylic acids is 1. The monoisotopic (exact) mass is 512 g/mol. The predicted octanol–water partition coefficient (Wildman–Crippen LogP) is 5.14. The SMILES string of the molecule is CC(C)[C@@H]1CC[C@@H](C)C[C@@H]1O.CC(C)[C@@H]1CC[C@@H](C)C[C@@H]1OC(=O)CCC(=O)O.O=C1CCC(=O)O1. The molecule has 208 valence electrons. The highest BCUT2D eigenvalue weighted by Crippen LogP contribution is 2.35. The molecule has 0 aromatic rings. The average molecular weight is 513 g/mol. The number of cyclic esters (lactones) is 2. The summed E-state index contributed by atoms with van der Waals surface area (Å²) < 4.78 is 9.57. The van der Waals surface area contributed by atoms with Gasteiger partial charge in [-0.15, -0.1) is 0 Å². The molecule has 8 nitrogen and oxygen atoms in total. The molecule has 1 saturated heterocycles. The number of aliphatic hydroxyl groups is 1. The molecule has 36 heavy (non-hydrogen) atoms. The number of rotatable bonds is 6. The minimum Gasteiger partial charge on any atom is -0.481 e. The van der Waals surface area contributed by atoms with Crippen LogP contribution in [0.2, 0.25) is 0 Å². The Morgan fingerprint density at radius 2 is 1.36 bits per heavy atom. The highest BCUT2D eigenvalue weighted by molar-refractivity contribution is 5.92. The van der Waals surface area contributed by atoms with Gasteiger partial charge in [0.2, 0.25) is 0 Å². The van der Waals surface area contributed by atoms with Gasteiger partial charge < -0.3 is 19.7 Å². The number of esters is 3. The van der Waals surface area contributed by atoms with E-state index < -0.39 is 17.9 Å². The maximum absolute atomic E-state index is 11.6. The minimum absolute atomic E-state index is 0.0228. The van der Waals surface area contributed by atoms with Crippen molar-refractivity contribution in [2.75, 3.05) is 0 Å². The summed E-state index contributed by atoms with van der Waals surface area (Å²) in [6, 6.07) is 0. The van der Waals surface area contributed by atoms with Crippen LogP contribution in [-0.4, -0.2) is 46.3 Å². The van der Waals surface area contributed by atoms with Crippen molar-refractivity contribution in [2.24, 2.45) is 35.5 Å². The van der Waals surface area contributed by atoms with E-state index in [1.54, 1.807) is 0 Å². The molecule has 0 aromatic heterocycles. The zero-order chi connectivity index (χ0) is 27.4. The molecule has 2 saturated carbocycles. The van der Waals surface area contributed by atoms with E-state index in [1.165, 1.54) is 19.3 Å². The Hall–Kier alpha value is -1.96. The molecule has 2 N–H and O–H groups in total. The molecule has 3 aliphatic rings. The van der Waals surface area contributed by atoms with E-state index in [0.29, 0.717) is 29.6 Å². The number of carboxylic acid groups (broad SMARTS) is 1. The van der Waals surface area contributed by atoms with Crippen LogP contribution in [0, 0.1) is 35.5 Å². The van der Waals surface area contributed by atoms with Crippen LogP contribution in [0.4, 0.5) is 0 Å². The number of ether oxygens (including phenoxy) is 2. The Bertz CT molecular complexity index is 702. The Morgan fingerprint density at radius 1 is 0.861 bits per heavy atom. The van der Waals surface area contributed by atoms with Gasteiger partial charge in [0.05, 0.1) is 31.8 Å². The first-order valence-corrected chi connectivity index (χ1v) is 13.6. The van der Waals surface area contributed by atoms with Crippen LogP contribution < -0.4 is 0 Å². The molecule has 0 unspecified atom stereocenters. The summed E-state index contributed by atoms with van der Waals surface area (Å²) in [7, 11) is 0. The summed E-state index contributed by atoms with van der Waals surface area (Å²) in [6.45, 7) is 13.1. The Balaban J connectivity index is 0.000000303. The first-order chi connectivity index (χ1) is 16.8. The molecular formula is C28H48O8. The van der Waals surface area contributed by atoms with E-state index in [9.17, 15) is 24.3 Å². The third-order valence-electron chi connectivity index (χ3n) is 7.54. The van der Waals surface area contributed by atoms with E-state index in [0.717, 1.165) is 25.2 Å². The summed E-state index contributed by atoms with van der Waals surface area (Å²) in [5, 5.41) is 18.3.